The molecular formula is C18H22Cl2N4O2. The largest absolute Gasteiger partial charge is 0.383 e. The van der Waals surface area contributed by atoms with Crippen LogP contribution in [0, 0.1) is 6.92 Å². The van der Waals surface area contributed by atoms with Crippen LogP contribution in [0.2, 0.25) is 10.0 Å². The zero-order chi connectivity index (χ0) is 18.8. The molecule has 140 valence electrons. The lowest BCUT2D eigenvalue weighted by Crippen LogP contribution is -2.48. The van der Waals surface area contributed by atoms with Crippen LogP contribution in [0.25, 0.3) is 0 Å². The van der Waals surface area contributed by atoms with Gasteiger partial charge < -0.3 is 4.74 Å². The van der Waals surface area contributed by atoms with E-state index >= 15 is 0 Å². The van der Waals surface area contributed by atoms with Crippen molar-refractivity contribution in [2.75, 3.05) is 31.8 Å². The average Bonchev–Trinajstić information content (AvgIpc) is 2.60. The van der Waals surface area contributed by atoms with Crippen molar-refractivity contribution in [3.8, 4) is 0 Å². The monoisotopic (exact) mass is 396 g/mol. The molecule has 26 heavy (non-hydrogen) atoms. The minimum atomic E-state index is -0.00722. The zero-order valence-corrected chi connectivity index (χ0v) is 16.6. The highest BCUT2D eigenvalue weighted by Gasteiger charge is 2.28. The highest BCUT2D eigenvalue weighted by Crippen LogP contribution is 2.34. The van der Waals surface area contributed by atoms with Crippen LogP contribution >= 0.6 is 23.2 Å². The standard InChI is InChI=1S/C18H22Cl2N4O2/c1-4-14-12(2)21-18-23(16-6-5-13(19)9-15(16)20)10-22(7-8-26-3)11-24(18)17(14)25/h5-6,9H,4,7-8,10-11H2,1-3H3. The fourth-order valence-electron chi connectivity index (χ4n) is 3.18. The van der Waals surface area contributed by atoms with Crippen LogP contribution in [-0.2, 0) is 17.8 Å². The lowest BCUT2D eigenvalue weighted by molar-refractivity contribution is 0.121. The van der Waals surface area contributed by atoms with Gasteiger partial charge in [-0.25, -0.2) is 4.98 Å². The molecule has 3 rings (SSSR count). The summed E-state index contributed by atoms with van der Waals surface area (Å²) in [7, 11) is 1.66. The van der Waals surface area contributed by atoms with E-state index in [2.05, 4.69) is 4.90 Å². The SMILES string of the molecule is CCc1c(C)nc2n(c1=O)CN(CCOC)CN2c1ccc(Cl)cc1Cl. The van der Waals surface area contributed by atoms with Crippen LogP contribution in [-0.4, -0.2) is 41.4 Å². The van der Waals surface area contributed by atoms with Crippen molar-refractivity contribution in [3.05, 3.63) is 49.9 Å². The van der Waals surface area contributed by atoms with E-state index in [0.717, 1.165) is 16.9 Å². The van der Waals surface area contributed by atoms with Crippen molar-refractivity contribution in [1.29, 1.82) is 0 Å². The smallest absolute Gasteiger partial charge is 0.259 e. The molecule has 0 spiro atoms. The van der Waals surface area contributed by atoms with Crippen LogP contribution in [0.15, 0.2) is 23.0 Å². The molecule has 1 aliphatic heterocycles. The summed E-state index contributed by atoms with van der Waals surface area (Å²) in [5.74, 6) is 0.600. The maximum atomic E-state index is 13.0. The first-order valence-electron chi connectivity index (χ1n) is 8.50. The average molecular weight is 397 g/mol. The van der Waals surface area contributed by atoms with Gasteiger partial charge in [0.15, 0.2) is 0 Å². The Bertz CT molecular complexity index is 869. The van der Waals surface area contributed by atoms with Gasteiger partial charge in [0.1, 0.15) is 0 Å². The van der Waals surface area contributed by atoms with Gasteiger partial charge in [-0.1, -0.05) is 30.1 Å². The van der Waals surface area contributed by atoms with E-state index in [0.29, 0.717) is 48.9 Å². The van der Waals surface area contributed by atoms with Gasteiger partial charge in [0.2, 0.25) is 5.95 Å². The number of aromatic nitrogens is 2. The van der Waals surface area contributed by atoms with Crippen molar-refractivity contribution in [3.63, 3.8) is 0 Å². The minimum absolute atomic E-state index is 0.00722. The number of fused-ring (bicyclic) bond motifs is 1. The first-order valence-corrected chi connectivity index (χ1v) is 9.26. The predicted octanol–water partition coefficient (Wildman–Crippen LogP) is 3.44. The molecule has 0 amide bonds. The van der Waals surface area contributed by atoms with E-state index < -0.39 is 0 Å². The minimum Gasteiger partial charge on any atom is -0.383 e. The topological polar surface area (TPSA) is 50.6 Å². The number of hydrogen-bond acceptors (Lipinski definition) is 5. The maximum absolute atomic E-state index is 13.0. The number of anilines is 2. The molecule has 0 aliphatic carbocycles. The van der Waals surface area contributed by atoms with E-state index in [1.807, 2.05) is 24.8 Å². The molecule has 6 nitrogen and oxygen atoms in total. The van der Waals surface area contributed by atoms with Crippen LogP contribution < -0.4 is 10.5 Å². The number of ether oxygens (including phenoxy) is 1. The second kappa shape index (κ2) is 7.96. The van der Waals surface area contributed by atoms with E-state index in [1.165, 1.54) is 0 Å². The van der Waals surface area contributed by atoms with Gasteiger partial charge in [0.25, 0.3) is 5.56 Å². The number of nitrogens with zero attached hydrogens (tertiary/aromatic N) is 4. The first-order chi connectivity index (χ1) is 12.5. The normalized spacial score (nSPS) is 14.6. The van der Waals surface area contributed by atoms with Crippen LogP contribution in [0.4, 0.5) is 11.6 Å². The van der Waals surface area contributed by atoms with Crippen LogP contribution in [0.3, 0.4) is 0 Å². The summed E-state index contributed by atoms with van der Waals surface area (Å²) in [6.07, 6.45) is 0.651. The summed E-state index contributed by atoms with van der Waals surface area (Å²) < 4.78 is 6.90. The Hall–Kier alpha value is -1.60. The molecule has 2 heterocycles. The molecular weight excluding hydrogens is 375 g/mol. The first kappa shape index (κ1) is 19.2. The predicted molar refractivity (Wildman–Crippen MR) is 105 cm³/mol. The molecule has 0 radical (unpaired) electrons. The molecule has 0 atom stereocenters. The molecule has 8 heteroatoms. The summed E-state index contributed by atoms with van der Waals surface area (Å²) in [5.41, 5.74) is 2.25. The third-order valence-electron chi connectivity index (χ3n) is 4.54. The number of hydrogen-bond donors (Lipinski definition) is 0. The molecule has 2 aromatic rings. The summed E-state index contributed by atoms with van der Waals surface area (Å²) >= 11 is 12.5. The van der Waals surface area contributed by atoms with E-state index in [1.54, 1.807) is 23.8 Å². The Labute approximate surface area is 162 Å². The van der Waals surface area contributed by atoms with Gasteiger partial charge >= 0.3 is 0 Å². The Morgan fingerprint density at radius 2 is 2.04 bits per heavy atom. The van der Waals surface area contributed by atoms with Crippen molar-refractivity contribution in [2.24, 2.45) is 0 Å². The molecule has 0 saturated carbocycles. The van der Waals surface area contributed by atoms with E-state index in [9.17, 15) is 4.79 Å². The molecule has 0 saturated heterocycles. The summed E-state index contributed by atoms with van der Waals surface area (Å²) in [6.45, 7) is 6.14. The summed E-state index contributed by atoms with van der Waals surface area (Å²) in [5, 5.41) is 1.08. The zero-order valence-electron chi connectivity index (χ0n) is 15.1. The molecule has 1 aliphatic rings. The number of benzene rings is 1. The second-order valence-electron chi connectivity index (χ2n) is 6.26. The van der Waals surface area contributed by atoms with E-state index in [-0.39, 0.29) is 5.56 Å². The highest BCUT2D eigenvalue weighted by atomic mass is 35.5. The van der Waals surface area contributed by atoms with Crippen molar-refractivity contribution in [1.82, 2.24) is 14.5 Å². The van der Waals surface area contributed by atoms with Crippen LogP contribution in [0.5, 0.6) is 0 Å². The number of methoxy groups -OCH3 is 1. The number of aryl methyl sites for hydroxylation is 1. The lowest BCUT2D eigenvalue weighted by atomic mass is 10.2. The van der Waals surface area contributed by atoms with Gasteiger partial charge in [-0.3, -0.25) is 19.2 Å². The molecule has 0 unspecified atom stereocenters. The molecule has 1 aromatic heterocycles. The fraction of sp³-hybridized carbons (Fsp3) is 0.444. The van der Waals surface area contributed by atoms with Crippen molar-refractivity contribution < 1.29 is 4.74 Å². The summed E-state index contributed by atoms with van der Waals surface area (Å²) in [4.78, 5) is 21.8. The van der Waals surface area contributed by atoms with Gasteiger partial charge in [0.05, 0.1) is 30.7 Å². The number of rotatable bonds is 5. The Morgan fingerprint density at radius 1 is 1.27 bits per heavy atom. The van der Waals surface area contributed by atoms with Crippen molar-refractivity contribution in [2.45, 2.75) is 26.9 Å². The Morgan fingerprint density at radius 3 is 2.69 bits per heavy atom. The van der Waals surface area contributed by atoms with Crippen LogP contribution in [0.1, 0.15) is 18.2 Å². The third kappa shape index (κ3) is 3.60. The quantitative estimate of drug-likeness (QED) is 0.774. The highest BCUT2D eigenvalue weighted by molar-refractivity contribution is 6.36. The van der Waals surface area contributed by atoms with Crippen molar-refractivity contribution >= 4 is 34.8 Å². The molecule has 0 bridgehead atoms. The van der Waals surface area contributed by atoms with Gasteiger partial charge in [-0.2, -0.15) is 0 Å². The fourth-order valence-corrected chi connectivity index (χ4v) is 3.69. The third-order valence-corrected chi connectivity index (χ3v) is 5.08. The number of halogens is 2. The lowest BCUT2D eigenvalue weighted by Gasteiger charge is -2.38. The van der Waals surface area contributed by atoms with Gasteiger partial charge in [-0.15, -0.1) is 0 Å². The molecule has 0 N–H and O–H groups in total. The van der Waals surface area contributed by atoms with Gasteiger partial charge in [0, 0.05) is 29.9 Å². The Kier molecular flexibility index (Phi) is 5.87. The van der Waals surface area contributed by atoms with Gasteiger partial charge in [-0.05, 0) is 31.5 Å². The molecule has 0 fully saturated rings. The second-order valence-corrected chi connectivity index (χ2v) is 7.10. The summed E-state index contributed by atoms with van der Waals surface area (Å²) in [6, 6.07) is 5.33. The maximum Gasteiger partial charge on any atom is 0.259 e. The van der Waals surface area contributed by atoms with E-state index in [4.69, 9.17) is 32.9 Å². The molecule has 1 aromatic carbocycles. The Balaban J connectivity index is 2.14.